The van der Waals surface area contributed by atoms with Crippen molar-refractivity contribution in [1.82, 2.24) is 10.2 Å². The number of amides is 1. The molecule has 2 aliphatic heterocycles. The Bertz CT molecular complexity index is 348. The fraction of sp³-hybridized carbons (Fsp3) is 0.867. The summed E-state index contributed by atoms with van der Waals surface area (Å²) in [5, 5.41) is 11.9. The van der Waals surface area contributed by atoms with Gasteiger partial charge in [0.05, 0.1) is 19.1 Å². The second-order valence-electron chi connectivity index (χ2n) is 5.99. The van der Waals surface area contributed by atoms with Crippen LogP contribution in [-0.4, -0.2) is 60.8 Å². The van der Waals surface area contributed by atoms with Gasteiger partial charge in [-0.1, -0.05) is 0 Å². The molecule has 21 heavy (non-hydrogen) atoms. The van der Waals surface area contributed by atoms with Crippen LogP contribution in [0.15, 0.2) is 0 Å². The maximum Gasteiger partial charge on any atom is 0.305 e. The summed E-state index contributed by atoms with van der Waals surface area (Å²) in [6, 6.07) is 0. The molecule has 0 radical (unpaired) electrons. The summed E-state index contributed by atoms with van der Waals surface area (Å²) in [6.45, 7) is 3.87. The third kappa shape index (κ3) is 5.63. The first-order valence-electron chi connectivity index (χ1n) is 7.97. The Morgan fingerprint density at radius 2 is 1.95 bits per heavy atom. The molecule has 1 amide bonds. The summed E-state index contributed by atoms with van der Waals surface area (Å²) in [5.74, 6) is 0.0840. The minimum Gasteiger partial charge on any atom is -0.481 e. The number of piperidine rings is 1. The number of carbonyl (C=O) groups excluding carboxylic acids is 1. The highest BCUT2D eigenvalue weighted by Gasteiger charge is 2.24. The third-order valence-corrected chi connectivity index (χ3v) is 4.39. The van der Waals surface area contributed by atoms with E-state index in [0.717, 1.165) is 45.4 Å². The highest BCUT2D eigenvalue weighted by atomic mass is 16.5. The van der Waals surface area contributed by atoms with Crippen molar-refractivity contribution in [3.63, 3.8) is 0 Å². The number of carboxylic acid groups (broad SMARTS) is 1. The fourth-order valence-corrected chi connectivity index (χ4v) is 3.03. The molecule has 2 N–H and O–H groups in total. The molecule has 6 nitrogen and oxygen atoms in total. The number of likely N-dealkylation sites (tertiary alicyclic amines) is 1. The lowest BCUT2D eigenvalue weighted by molar-refractivity contribution is -0.139. The number of carboxylic acids is 1. The van der Waals surface area contributed by atoms with Gasteiger partial charge in [0.15, 0.2) is 0 Å². The Morgan fingerprint density at radius 3 is 2.57 bits per heavy atom. The van der Waals surface area contributed by atoms with Crippen molar-refractivity contribution in [2.24, 2.45) is 5.92 Å². The molecule has 1 atom stereocenters. The Balaban J connectivity index is 1.59. The molecule has 0 aromatic heterocycles. The average molecular weight is 298 g/mol. The van der Waals surface area contributed by atoms with E-state index in [9.17, 15) is 9.59 Å². The molecular weight excluding hydrogens is 272 g/mol. The maximum atomic E-state index is 12.2. The van der Waals surface area contributed by atoms with Gasteiger partial charge in [-0.2, -0.15) is 0 Å². The van der Waals surface area contributed by atoms with Gasteiger partial charge in [0.25, 0.3) is 0 Å². The molecule has 1 unspecified atom stereocenters. The van der Waals surface area contributed by atoms with Gasteiger partial charge < -0.3 is 20.1 Å². The van der Waals surface area contributed by atoms with Crippen molar-refractivity contribution < 1.29 is 19.4 Å². The number of hydrogen-bond donors (Lipinski definition) is 2. The van der Waals surface area contributed by atoms with Gasteiger partial charge >= 0.3 is 5.97 Å². The molecule has 120 valence electrons. The molecule has 2 aliphatic rings. The van der Waals surface area contributed by atoms with Gasteiger partial charge in [-0.05, 0) is 44.7 Å². The molecule has 0 saturated carbocycles. The van der Waals surface area contributed by atoms with Crippen LogP contribution in [0.3, 0.4) is 0 Å². The standard InChI is InChI=1S/C15H26N2O4/c18-14(2-1-12-3-7-16-11-12)17-8-4-13(5-9-17)21-10-6-15(19)20/h12-13,16H,1-11H2,(H,19,20). The van der Waals surface area contributed by atoms with Crippen LogP contribution in [0, 0.1) is 5.92 Å². The van der Waals surface area contributed by atoms with Crippen LogP contribution in [0.25, 0.3) is 0 Å². The first-order chi connectivity index (χ1) is 10.1. The van der Waals surface area contributed by atoms with E-state index in [4.69, 9.17) is 9.84 Å². The lowest BCUT2D eigenvalue weighted by Gasteiger charge is -2.32. The first-order valence-corrected chi connectivity index (χ1v) is 7.97. The van der Waals surface area contributed by atoms with Crippen molar-refractivity contribution in [2.75, 3.05) is 32.8 Å². The number of ether oxygens (including phenoxy) is 1. The van der Waals surface area contributed by atoms with Gasteiger partial charge in [-0.15, -0.1) is 0 Å². The molecule has 0 aromatic rings. The molecule has 2 saturated heterocycles. The van der Waals surface area contributed by atoms with Crippen LogP contribution < -0.4 is 5.32 Å². The Labute approximate surface area is 125 Å². The molecular formula is C15H26N2O4. The van der Waals surface area contributed by atoms with Crippen LogP contribution in [0.2, 0.25) is 0 Å². The monoisotopic (exact) mass is 298 g/mol. The zero-order valence-electron chi connectivity index (χ0n) is 12.6. The van der Waals surface area contributed by atoms with E-state index in [-0.39, 0.29) is 25.0 Å². The fourth-order valence-electron chi connectivity index (χ4n) is 3.03. The number of hydrogen-bond acceptors (Lipinski definition) is 4. The quantitative estimate of drug-likeness (QED) is 0.729. The smallest absolute Gasteiger partial charge is 0.305 e. The van der Waals surface area contributed by atoms with E-state index in [1.54, 1.807) is 0 Å². The summed E-state index contributed by atoms with van der Waals surface area (Å²) in [4.78, 5) is 24.5. The van der Waals surface area contributed by atoms with E-state index in [1.807, 2.05) is 4.90 Å². The van der Waals surface area contributed by atoms with Crippen molar-refractivity contribution >= 4 is 11.9 Å². The Hall–Kier alpha value is -1.14. The lowest BCUT2D eigenvalue weighted by Crippen LogP contribution is -2.41. The molecule has 2 heterocycles. The highest BCUT2D eigenvalue weighted by molar-refractivity contribution is 5.76. The molecule has 0 bridgehead atoms. The highest BCUT2D eigenvalue weighted by Crippen LogP contribution is 2.18. The summed E-state index contributed by atoms with van der Waals surface area (Å²) < 4.78 is 5.54. The summed E-state index contributed by atoms with van der Waals surface area (Å²) >= 11 is 0. The minimum atomic E-state index is -0.830. The number of carbonyl (C=O) groups is 2. The lowest BCUT2D eigenvalue weighted by atomic mass is 10.0. The number of nitrogens with zero attached hydrogens (tertiary/aromatic N) is 1. The van der Waals surface area contributed by atoms with Crippen LogP contribution in [0.1, 0.15) is 38.5 Å². The summed E-state index contributed by atoms with van der Waals surface area (Å²) in [5.41, 5.74) is 0. The second-order valence-corrected chi connectivity index (χ2v) is 5.99. The summed E-state index contributed by atoms with van der Waals surface area (Å²) in [6.07, 6.45) is 4.61. The van der Waals surface area contributed by atoms with E-state index >= 15 is 0 Å². The average Bonchev–Trinajstić information content (AvgIpc) is 2.98. The molecule has 6 heteroatoms. The molecule has 0 aliphatic carbocycles. The van der Waals surface area contributed by atoms with E-state index in [1.165, 1.54) is 6.42 Å². The van der Waals surface area contributed by atoms with Crippen LogP contribution in [0.5, 0.6) is 0 Å². The van der Waals surface area contributed by atoms with E-state index < -0.39 is 5.97 Å². The summed E-state index contributed by atoms with van der Waals surface area (Å²) in [7, 11) is 0. The molecule has 0 aromatic carbocycles. The van der Waals surface area contributed by atoms with Crippen molar-refractivity contribution in [2.45, 2.75) is 44.6 Å². The van der Waals surface area contributed by atoms with Crippen molar-refractivity contribution in [1.29, 1.82) is 0 Å². The minimum absolute atomic E-state index is 0.0502. The largest absolute Gasteiger partial charge is 0.481 e. The maximum absolute atomic E-state index is 12.2. The van der Waals surface area contributed by atoms with Gasteiger partial charge in [0.2, 0.25) is 5.91 Å². The predicted octanol–water partition coefficient (Wildman–Crippen LogP) is 0.858. The predicted molar refractivity (Wildman–Crippen MR) is 78.0 cm³/mol. The van der Waals surface area contributed by atoms with Crippen LogP contribution >= 0.6 is 0 Å². The van der Waals surface area contributed by atoms with Crippen LogP contribution in [0.4, 0.5) is 0 Å². The van der Waals surface area contributed by atoms with E-state index in [0.29, 0.717) is 12.3 Å². The number of nitrogens with one attached hydrogen (secondary N) is 1. The number of rotatable bonds is 7. The van der Waals surface area contributed by atoms with Gasteiger partial charge in [0.1, 0.15) is 0 Å². The second kappa shape index (κ2) is 8.34. The van der Waals surface area contributed by atoms with Crippen LogP contribution in [-0.2, 0) is 14.3 Å². The topological polar surface area (TPSA) is 78.9 Å². The first kappa shape index (κ1) is 16.2. The Morgan fingerprint density at radius 1 is 1.19 bits per heavy atom. The van der Waals surface area contributed by atoms with Gasteiger partial charge in [-0.3, -0.25) is 9.59 Å². The third-order valence-electron chi connectivity index (χ3n) is 4.39. The SMILES string of the molecule is O=C(O)CCOC1CCN(C(=O)CCC2CCNC2)CC1. The van der Waals surface area contributed by atoms with Crippen molar-refractivity contribution in [3.05, 3.63) is 0 Å². The van der Waals surface area contributed by atoms with Gasteiger partial charge in [0, 0.05) is 19.5 Å². The van der Waals surface area contributed by atoms with E-state index in [2.05, 4.69) is 5.32 Å². The number of aliphatic carboxylic acids is 1. The molecule has 2 rings (SSSR count). The Kier molecular flexibility index (Phi) is 6.45. The normalized spacial score (nSPS) is 23.4. The van der Waals surface area contributed by atoms with Crippen molar-refractivity contribution in [3.8, 4) is 0 Å². The van der Waals surface area contributed by atoms with Gasteiger partial charge in [-0.25, -0.2) is 0 Å². The zero-order chi connectivity index (χ0) is 15.1. The molecule has 0 spiro atoms. The zero-order valence-corrected chi connectivity index (χ0v) is 12.6. The molecule has 2 fully saturated rings.